The number of carbonyl (C=O) groups is 2. The zero-order chi connectivity index (χ0) is 24.5. The number of nitro benzene ring substituents is 1. The maximum atomic E-state index is 12.8. The Morgan fingerprint density at radius 2 is 1.76 bits per heavy atom. The van der Waals surface area contributed by atoms with Crippen LogP contribution in [0.1, 0.15) is 21.5 Å². The molecule has 0 saturated heterocycles. The van der Waals surface area contributed by atoms with Crippen molar-refractivity contribution in [3.8, 4) is 5.75 Å². The minimum absolute atomic E-state index is 0.0935. The SMILES string of the molecule is COc1ccc(Br)cc1/C=N/NC(=O)/C(=C/c1ccc([N+](=O)[O-])cc1)NC(=O)c1ccccc1. The number of non-ortho nitro benzene ring substituents is 1. The number of nitrogens with zero attached hydrogens (tertiary/aromatic N) is 2. The molecule has 2 N–H and O–H groups in total. The fraction of sp³-hybridized carbons (Fsp3) is 0.0417. The fourth-order valence-corrected chi connectivity index (χ4v) is 3.21. The third kappa shape index (κ3) is 6.59. The van der Waals surface area contributed by atoms with Gasteiger partial charge in [0.25, 0.3) is 17.5 Å². The Morgan fingerprint density at radius 1 is 1.06 bits per heavy atom. The lowest BCUT2D eigenvalue weighted by molar-refractivity contribution is -0.384. The van der Waals surface area contributed by atoms with Crippen molar-refractivity contribution in [3.63, 3.8) is 0 Å². The van der Waals surface area contributed by atoms with Crippen LogP contribution in [0.15, 0.2) is 88.1 Å². The molecule has 34 heavy (non-hydrogen) atoms. The Labute approximate surface area is 203 Å². The number of hydrogen-bond acceptors (Lipinski definition) is 6. The van der Waals surface area contributed by atoms with Gasteiger partial charge in [-0.1, -0.05) is 34.1 Å². The van der Waals surface area contributed by atoms with Crippen LogP contribution in [0.2, 0.25) is 0 Å². The molecule has 0 saturated carbocycles. The van der Waals surface area contributed by atoms with E-state index in [9.17, 15) is 19.7 Å². The summed E-state index contributed by atoms with van der Waals surface area (Å²) in [5.74, 6) is -0.630. The smallest absolute Gasteiger partial charge is 0.287 e. The van der Waals surface area contributed by atoms with Crippen molar-refractivity contribution in [1.29, 1.82) is 0 Å². The highest BCUT2D eigenvalue weighted by Gasteiger charge is 2.15. The van der Waals surface area contributed by atoms with Gasteiger partial charge in [-0.2, -0.15) is 5.10 Å². The first-order chi connectivity index (χ1) is 16.4. The van der Waals surface area contributed by atoms with E-state index in [4.69, 9.17) is 4.74 Å². The van der Waals surface area contributed by atoms with Gasteiger partial charge >= 0.3 is 0 Å². The molecule has 0 bridgehead atoms. The first kappa shape index (κ1) is 24.3. The van der Waals surface area contributed by atoms with Crippen molar-refractivity contribution in [3.05, 3.63) is 110 Å². The van der Waals surface area contributed by atoms with Crippen LogP contribution in [0.3, 0.4) is 0 Å². The monoisotopic (exact) mass is 522 g/mol. The summed E-state index contributed by atoms with van der Waals surface area (Å²) in [6.07, 6.45) is 2.80. The number of hydrogen-bond donors (Lipinski definition) is 2. The molecule has 0 aliphatic carbocycles. The zero-order valence-corrected chi connectivity index (χ0v) is 19.5. The van der Waals surface area contributed by atoms with E-state index < -0.39 is 16.7 Å². The van der Waals surface area contributed by atoms with Crippen molar-refractivity contribution < 1.29 is 19.2 Å². The predicted octanol–water partition coefficient (Wildman–Crippen LogP) is 4.29. The van der Waals surface area contributed by atoms with Crippen LogP contribution in [0.25, 0.3) is 6.08 Å². The van der Waals surface area contributed by atoms with Crippen LogP contribution < -0.4 is 15.5 Å². The summed E-state index contributed by atoms with van der Waals surface area (Å²) >= 11 is 3.37. The second-order valence-electron chi connectivity index (χ2n) is 6.81. The van der Waals surface area contributed by atoms with Crippen molar-refractivity contribution in [2.75, 3.05) is 7.11 Å². The number of amides is 2. The van der Waals surface area contributed by atoms with E-state index >= 15 is 0 Å². The molecule has 0 fully saturated rings. The summed E-state index contributed by atoms with van der Waals surface area (Å²) in [6, 6.07) is 19.2. The van der Waals surface area contributed by atoms with Gasteiger partial charge in [0.1, 0.15) is 11.4 Å². The Hall–Kier alpha value is -4.31. The van der Waals surface area contributed by atoms with Crippen LogP contribution in [0, 0.1) is 10.1 Å². The standard InChI is InChI=1S/C24H19BrN4O5/c1-34-22-12-9-19(25)14-18(22)15-26-28-24(31)21(27-23(30)17-5-3-2-4-6-17)13-16-7-10-20(11-8-16)29(32)33/h2-15H,1H3,(H,27,30)(H,28,31)/b21-13-,26-15+. The second-order valence-corrected chi connectivity index (χ2v) is 7.73. The van der Waals surface area contributed by atoms with Crippen molar-refractivity contribution in [1.82, 2.24) is 10.7 Å². The summed E-state index contributed by atoms with van der Waals surface area (Å²) in [7, 11) is 1.52. The molecule has 3 aromatic rings. The third-order valence-corrected chi connectivity index (χ3v) is 5.00. The average molecular weight is 523 g/mol. The maximum Gasteiger partial charge on any atom is 0.287 e. The van der Waals surface area contributed by atoms with Crippen LogP contribution in [0.5, 0.6) is 5.75 Å². The number of ether oxygens (including phenoxy) is 1. The van der Waals surface area contributed by atoms with E-state index in [-0.39, 0.29) is 11.4 Å². The van der Waals surface area contributed by atoms with Crippen LogP contribution in [-0.4, -0.2) is 30.1 Å². The topological polar surface area (TPSA) is 123 Å². The number of rotatable bonds is 8. The first-order valence-electron chi connectivity index (χ1n) is 9.87. The Kier molecular flexibility index (Phi) is 8.25. The van der Waals surface area contributed by atoms with Gasteiger partial charge in [0, 0.05) is 27.7 Å². The third-order valence-electron chi connectivity index (χ3n) is 4.51. The highest BCUT2D eigenvalue weighted by Crippen LogP contribution is 2.21. The van der Waals surface area contributed by atoms with E-state index in [1.807, 2.05) is 0 Å². The summed E-state index contributed by atoms with van der Waals surface area (Å²) in [5.41, 5.74) is 3.63. The molecule has 0 aliphatic rings. The lowest BCUT2D eigenvalue weighted by Gasteiger charge is -2.09. The van der Waals surface area contributed by atoms with E-state index in [0.29, 0.717) is 22.4 Å². The van der Waals surface area contributed by atoms with Crippen molar-refractivity contribution in [2.45, 2.75) is 0 Å². The molecule has 3 rings (SSSR count). The molecule has 0 atom stereocenters. The Balaban J connectivity index is 1.84. The maximum absolute atomic E-state index is 12.8. The van der Waals surface area contributed by atoms with Gasteiger partial charge < -0.3 is 10.1 Å². The molecule has 0 aromatic heterocycles. The zero-order valence-electron chi connectivity index (χ0n) is 17.9. The highest BCUT2D eigenvalue weighted by atomic mass is 79.9. The molecular weight excluding hydrogens is 504 g/mol. The molecule has 0 heterocycles. The number of halogens is 1. The summed E-state index contributed by atoms with van der Waals surface area (Å²) in [4.78, 5) is 35.8. The highest BCUT2D eigenvalue weighted by molar-refractivity contribution is 9.10. The minimum atomic E-state index is -0.687. The van der Waals surface area contributed by atoms with Gasteiger partial charge in [0.15, 0.2) is 0 Å². The van der Waals surface area contributed by atoms with Crippen LogP contribution in [-0.2, 0) is 4.79 Å². The van der Waals surface area contributed by atoms with Gasteiger partial charge in [-0.3, -0.25) is 19.7 Å². The van der Waals surface area contributed by atoms with Gasteiger partial charge in [0.2, 0.25) is 0 Å². The molecule has 172 valence electrons. The van der Waals surface area contributed by atoms with E-state index in [1.54, 1.807) is 48.5 Å². The van der Waals surface area contributed by atoms with E-state index in [1.165, 1.54) is 43.7 Å². The molecule has 2 amide bonds. The molecular formula is C24H19BrN4O5. The summed E-state index contributed by atoms with van der Waals surface area (Å²) in [5, 5.41) is 17.4. The van der Waals surface area contributed by atoms with Gasteiger partial charge in [-0.25, -0.2) is 5.43 Å². The number of hydrazone groups is 1. The number of benzene rings is 3. The van der Waals surface area contributed by atoms with Crippen LogP contribution >= 0.6 is 15.9 Å². The lowest BCUT2D eigenvalue weighted by Crippen LogP contribution is -2.32. The van der Waals surface area contributed by atoms with Crippen molar-refractivity contribution in [2.24, 2.45) is 5.10 Å². The molecule has 3 aromatic carbocycles. The minimum Gasteiger partial charge on any atom is -0.496 e. The van der Waals surface area contributed by atoms with Gasteiger partial charge in [-0.05, 0) is 54.1 Å². The predicted molar refractivity (Wildman–Crippen MR) is 131 cm³/mol. The molecule has 10 heteroatoms. The van der Waals surface area contributed by atoms with Gasteiger partial charge in [0.05, 0.1) is 18.2 Å². The van der Waals surface area contributed by atoms with Crippen LogP contribution in [0.4, 0.5) is 5.69 Å². The van der Waals surface area contributed by atoms with Gasteiger partial charge in [-0.15, -0.1) is 0 Å². The van der Waals surface area contributed by atoms with E-state index in [0.717, 1.165) is 4.47 Å². The molecule has 9 nitrogen and oxygen atoms in total. The number of methoxy groups -OCH3 is 1. The molecule has 0 radical (unpaired) electrons. The average Bonchev–Trinajstić information content (AvgIpc) is 2.84. The molecule has 0 unspecified atom stereocenters. The molecule has 0 aliphatic heterocycles. The molecule has 0 spiro atoms. The fourth-order valence-electron chi connectivity index (χ4n) is 2.83. The second kappa shape index (κ2) is 11.5. The first-order valence-corrected chi connectivity index (χ1v) is 10.7. The quantitative estimate of drug-likeness (QED) is 0.198. The van der Waals surface area contributed by atoms with Crippen molar-refractivity contribution >= 4 is 45.7 Å². The summed E-state index contributed by atoms with van der Waals surface area (Å²) in [6.45, 7) is 0. The Morgan fingerprint density at radius 3 is 2.41 bits per heavy atom. The lowest BCUT2D eigenvalue weighted by atomic mass is 10.1. The Bertz CT molecular complexity index is 1260. The summed E-state index contributed by atoms with van der Waals surface area (Å²) < 4.78 is 6.07. The largest absolute Gasteiger partial charge is 0.496 e. The normalized spacial score (nSPS) is 11.2. The van der Waals surface area contributed by atoms with E-state index in [2.05, 4.69) is 31.8 Å². The number of nitrogens with one attached hydrogen (secondary N) is 2. The number of nitro groups is 1. The number of carbonyl (C=O) groups excluding carboxylic acids is 2.